The normalized spacial score (nSPS) is 18.2. The van der Waals surface area contributed by atoms with Crippen molar-refractivity contribution < 1.29 is 19.1 Å². The van der Waals surface area contributed by atoms with Crippen LogP contribution in [0.15, 0.2) is 78.9 Å². The van der Waals surface area contributed by atoms with E-state index in [4.69, 9.17) is 4.74 Å². The molecule has 6 rings (SSSR count). The van der Waals surface area contributed by atoms with Crippen LogP contribution in [0.4, 0.5) is 5.69 Å². The molecular weight excluding hydrogens is 526 g/mol. The van der Waals surface area contributed by atoms with Gasteiger partial charge in [-0.25, -0.2) is 4.79 Å². The van der Waals surface area contributed by atoms with Crippen LogP contribution < -0.4 is 4.90 Å². The predicted molar refractivity (Wildman–Crippen MR) is 166 cm³/mol. The van der Waals surface area contributed by atoms with E-state index in [0.29, 0.717) is 24.7 Å². The van der Waals surface area contributed by atoms with E-state index in [0.717, 1.165) is 71.6 Å². The van der Waals surface area contributed by atoms with E-state index in [2.05, 4.69) is 35.2 Å². The molecule has 7 heteroatoms. The minimum atomic E-state index is -0.392. The molecule has 2 heterocycles. The lowest BCUT2D eigenvalue weighted by Gasteiger charge is -2.42. The molecule has 4 aromatic carbocycles. The van der Waals surface area contributed by atoms with Crippen LogP contribution in [0.5, 0.6) is 0 Å². The van der Waals surface area contributed by atoms with Crippen molar-refractivity contribution in [2.75, 3.05) is 45.2 Å². The summed E-state index contributed by atoms with van der Waals surface area (Å²) in [5, 5.41) is 4.18. The van der Waals surface area contributed by atoms with Gasteiger partial charge in [-0.15, -0.1) is 0 Å². The molecule has 2 amide bonds. The molecule has 0 N–H and O–H groups in total. The van der Waals surface area contributed by atoms with Crippen LogP contribution in [0, 0.1) is 5.92 Å². The van der Waals surface area contributed by atoms with Gasteiger partial charge in [0.05, 0.1) is 24.2 Å². The molecule has 4 aromatic rings. The number of hydrogen-bond donors (Lipinski definition) is 0. The number of anilines is 1. The van der Waals surface area contributed by atoms with E-state index in [-0.39, 0.29) is 17.7 Å². The number of rotatable bonds is 5. The monoisotopic (exact) mass is 563 g/mol. The minimum Gasteiger partial charge on any atom is -0.465 e. The summed E-state index contributed by atoms with van der Waals surface area (Å²) < 4.78 is 4.78. The second-order valence-electron chi connectivity index (χ2n) is 11.5. The quantitative estimate of drug-likeness (QED) is 0.228. The highest BCUT2D eigenvalue weighted by Gasteiger charge is 2.34. The summed E-state index contributed by atoms with van der Waals surface area (Å²) >= 11 is 0. The minimum absolute atomic E-state index is 0.0780. The fraction of sp³-hybridized carbons (Fsp3) is 0.343. The average Bonchev–Trinajstić information content (AvgIpc) is 3.06. The third kappa shape index (κ3) is 5.37. The summed E-state index contributed by atoms with van der Waals surface area (Å²) in [4.78, 5) is 45.4. The number of likely N-dealkylation sites (tertiary alicyclic amines) is 2. The molecule has 0 spiro atoms. The molecular formula is C35H37N3O4. The molecule has 216 valence electrons. The number of amides is 2. The standard InChI is InChI=1S/C35H37N3O4/c1-36(28-15-13-24(14-16-28)35(41)42-2)33(39)27-10-7-19-38(23-27)29-17-20-37(21-18-29)34(40)32-30-11-5-3-8-25(30)22-26-9-4-6-12-31(26)32/h3-6,8-9,11-16,22,27,29H,7,10,17-21,23H2,1-2H3. The number of carbonyl (C=O) groups is 3. The Labute approximate surface area is 246 Å². The van der Waals surface area contributed by atoms with Crippen molar-refractivity contribution in [1.29, 1.82) is 0 Å². The van der Waals surface area contributed by atoms with Gasteiger partial charge in [-0.2, -0.15) is 0 Å². The number of piperidine rings is 2. The number of ether oxygens (including phenoxy) is 1. The fourth-order valence-electron chi connectivity index (χ4n) is 6.72. The Balaban J connectivity index is 1.11. The van der Waals surface area contributed by atoms with E-state index < -0.39 is 5.97 Å². The molecule has 1 unspecified atom stereocenters. The molecule has 2 aliphatic rings. The number of benzene rings is 4. The SMILES string of the molecule is COC(=O)c1ccc(N(C)C(=O)C2CCCN(C3CCN(C(=O)c4c5ccccc5cc5ccccc45)CC3)C2)cc1. The van der Waals surface area contributed by atoms with Gasteiger partial charge in [-0.05, 0) is 84.1 Å². The number of esters is 1. The highest BCUT2D eigenvalue weighted by atomic mass is 16.5. The van der Waals surface area contributed by atoms with Crippen molar-refractivity contribution in [3.8, 4) is 0 Å². The highest BCUT2D eigenvalue weighted by molar-refractivity contribution is 6.18. The van der Waals surface area contributed by atoms with Gasteiger partial charge in [0, 0.05) is 38.4 Å². The zero-order valence-corrected chi connectivity index (χ0v) is 24.3. The van der Waals surface area contributed by atoms with Crippen molar-refractivity contribution >= 4 is 45.0 Å². The van der Waals surface area contributed by atoms with Crippen molar-refractivity contribution in [3.05, 3.63) is 90.0 Å². The second-order valence-corrected chi connectivity index (χ2v) is 11.5. The molecule has 42 heavy (non-hydrogen) atoms. The Kier molecular flexibility index (Phi) is 7.94. The van der Waals surface area contributed by atoms with Crippen molar-refractivity contribution in [1.82, 2.24) is 9.80 Å². The largest absolute Gasteiger partial charge is 0.465 e. The second kappa shape index (κ2) is 11.9. The van der Waals surface area contributed by atoms with Gasteiger partial charge < -0.3 is 14.5 Å². The molecule has 1 atom stereocenters. The molecule has 2 fully saturated rings. The van der Waals surface area contributed by atoms with Gasteiger partial charge in [0.2, 0.25) is 5.91 Å². The number of hydrogen-bond acceptors (Lipinski definition) is 5. The lowest BCUT2D eigenvalue weighted by atomic mass is 9.92. The molecule has 0 saturated carbocycles. The average molecular weight is 564 g/mol. The maximum atomic E-state index is 14.0. The van der Waals surface area contributed by atoms with E-state index in [9.17, 15) is 14.4 Å². The molecule has 0 radical (unpaired) electrons. The van der Waals surface area contributed by atoms with Gasteiger partial charge >= 0.3 is 5.97 Å². The third-order valence-corrected chi connectivity index (χ3v) is 9.06. The first kappa shape index (κ1) is 27.9. The van der Waals surface area contributed by atoms with Crippen LogP contribution in [-0.4, -0.2) is 74.0 Å². The Morgan fingerprint density at radius 1 is 0.810 bits per heavy atom. The summed E-state index contributed by atoms with van der Waals surface area (Å²) in [5.41, 5.74) is 2.02. The Morgan fingerprint density at radius 3 is 2.05 bits per heavy atom. The maximum Gasteiger partial charge on any atom is 0.337 e. The molecule has 7 nitrogen and oxygen atoms in total. The van der Waals surface area contributed by atoms with Gasteiger partial charge in [0.15, 0.2) is 0 Å². The molecule has 2 saturated heterocycles. The summed E-state index contributed by atoms with van der Waals surface area (Å²) in [6.07, 6.45) is 3.65. The fourth-order valence-corrected chi connectivity index (χ4v) is 6.72. The zero-order valence-electron chi connectivity index (χ0n) is 24.3. The summed E-state index contributed by atoms with van der Waals surface area (Å²) in [6, 6.07) is 25.8. The van der Waals surface area contributed by atoms with Crippen LogP contribution in [0.25, 0.3) is 21.5 Å². The molecule has 2 aliphatic heterocycles. The van der Waals surface area contributed by atoms with Crippen LogP contribution in [0.2, 0.25) is 0 Å². The maximum absolute atomic E-state index is 14.0. The van der Waals surface area contributed by atoms with E-state index in [1.807, 2.05) is 29.2 Å². The smallest absolute Gasteiger partial charge is 0.337 e. The Hall–Kier alpha value is -4.23. The number of fused-ring (bicyclic) bond motifs is 2. The van der Waals surface area contributed by atoms with Gasteiger partial charge in [-0.3, -0.25) is 14.5 Å². The first-order valence-electron chi connectivity index (χ1n) is 14.8. The van der Waals surface area contributed by atoms with Crippen molar-refractivity contribution in [2.24, 2.45) is 5.92 Å². The number of nitrogens with zero attached hydrogens (tertiary/aromatic N) is 3. The summed E-state index contributed by atoms with van der Waals surface area (Å²) in [7, 11) is 3.16. The highest BCUT2D eigenvalue weighted by Crippen LogP contribution is 2.32. The van der Waals surface area contributed by atoms with Crippen LogP contribution >= 0.6 is 0 Å². The lowest BCUT2D eigenvalue weighted by Crippen LogP contribution is -2.51. The first-order valence-corrected chi connectivity index (χ1v) is 14.8. The van der Waals surface area contributed by atoms with E-state index in [1.165, 1.54) is 7.11 Å². The molecule has 0 aliphatic carbocycles. The number of methoxy groups -OCH3 is 1. The van der Waals surface area contributed by atoms with Crippen LogP contribution in [0.3, 0.4) is 0 Å². The lowest BCUT2D eigenvalue weighted by molar-refractivity contribution is -0.124. The van der Waals surface area contributed by atoms with Crippen LogP contribution in [-0.2, 0) is 9.53 Å². The number of carbonyl (C=O) groups excluding carboxylic acids is 3. The van der Waals surface area contributed by atoms with Crippen LogP contribution in [0.1, 0.15) is 46.4 Å². The van der Waals surface area contributed by atoms with Crippen molar-refractivity contribution in [3.63, 3.8) is 0 Å². The Bertz CT molecular complexity index is 1570. The van der Waals surface area contributed by atoms with Crippen molar-refractivity contribution in [2.45, 2.75) is 31.7 Å². The summed E-state index contributed by atoms with van der Waals surface area (Å²) in [5.74, 6) is -0.267. The zero-order chi connectivity index (χ0) is 29.2. The van der Waals surface area contributed by atoms with E-state index >= 15 is 0 Å². The summed E-state index contributed by atoms with van der Waals surface area (Å²) in [6.45, 7) is 3.13. The van der Waals surface area contributed by atoms with E-state index in [1.54, 1.807) is 36.2 Å². The van der Waals surface area contributed by atoms with Gasteiger partial charge in [-0.1, -0.05) is 48.5 Å². The van der Waals surface area contributed by atoms with Gasteiger partial charge in [0.1, 0.15) is 0 Å². The Morgan fingerprint density at radius 2 is 1.43 bits per heavy atom. The predicted octanol–water partition coefficient (Wildman–Crippen LogP) is 5.76. The third-order valence-electron chi connectivity index (χ3n) is 9.06. The molecule has 0 bridgehead atoms. The molecule has 0 aromatic heterocycles. The van der Waals surface area contributed by atoms with Gasteiger partial charge in [0.25, 0.3) is 5.91 Å². The first-order chi connectivity index (χ1) is 20.4. The topological polar surface area (TPSA) is 70.2 Å².